The van der Waals surface area contributed by atoms with Crippen molar-refractivity contribution in [3.05, 3.63) is 29.8 Å². The summed E-state index contributed by atoms with van der Waals surface area (Å²) in [5, 5.41) is 5.74. The first-order valence-electron chi connectivity index (χ1n) is 7.29. The fraction of sp³-hybridized carbons (Fsp3) is 0.500. The van der Waals surface area contributed by atoms with Gasteiger partial charge < -0.3 is 16.4 Å². The van der Waals surface area contributed by atoms with E-state index in [0.29, 0.717) is 6.54 Å². The molecule has 2 amide bonds. The van der Waals surface area contributed by atoms with Crippen LogP contribution in [-0.2, 0) is 16.1 Å². The lowest BCUT2D eigenvalue weighted by Gasteiger charge is -2.17. The van der Waals surface area contributed by atoms with E-state index < -0.39 is 5.54 Å². The van der Waals surface area contributed by atoms with Gasteiger partial charge in [-0.15, -0.1) is 0 Å². The molecule has 0 radical (unpaired) electrons. The van der Waals surface area contributed by atoms with Crippen LogP contribution in [0.15, 0.2) is 24.3 Å². The molecule has 5 heteroatoms. The molecule has 0 saturated heterocycles. The molecule has 0 spiro atoms. The van der Waals surface area contributed by atoms with E-state index in [1.165, 1.54) is 0 Å². The number of anilines is 1. The maximum absolute atomic E-state index is 11.7. The first kappa shape index (κ1) is 15.5. The summed E-state index contributed by atoms with van der Waals surface area (Å²) in [7, 11) is 0. The quantitative estimate of drug-likeness (QED) is 0.746. The highest BCUT2D eigenvalue weighted by Crippen LogP contribution is 2.30. The van der Waals surface area contributed by atoms with Crippen LogP contribution in [0.1, 0.15) is 38.7 Å². The molecular weight excluding hydrogens is 266 g/mol. The Kier molecular flexibility index (Phi) is 4.63. The lowest BCUT2D eigenvalue weighted by molar-refractivity contribution is -0.122. The molecule has 5 nitrogen and oxygen atoms in total. The van der Waals surface area contributed by atoms with E-state index >= 15 is 0 Å². The van der Waals surface area contributed by atoms with Gasteiger partial charge in [-0.05, 0) is 44.4 Å². The highest BCUT2D eigenvalue weighted by molar-refractivity contribution is 5.94. The van der Waals surface area contributed by atoms with E-state index in [1.807, 2.05) is 38.1 Å². The maximum Gasteiger partial charge on any atom is 0.227 e. The Morgan fingerprint density at radius 3 is 2.67 bits per heavy atom. The third kappa shape index (κ3) is 5.55. The fourth-order valence-corrected chi connectivity index (χ4v) is 2.03. The third-order valence-corrected chi connectivity index (χ3v) is 3.25. The molecule has 1 aliphatic carbocycles. The number of carbonyl (C=O) groups is 2. The fourth-order valence-electron chi connectivity index (χ4n) is 2.03. The van der Waals surface area contributed by atoms with Gasteiger partial charge in [0.2, 0.25) is 11.8 Å². The monoisotopic (exact) mass is 289 g/mol. The third-order valence-electron chi connectivity index (χ3n) is 3.25. The van der Waals surface area contributed by atoms with E-state index in [0.717, 1.165) is 24.1 Å². The van der Waals surface area contributed by atoms with Crippen molar-refractivity contribution in [2.45, 2.75) is 45.2 Å². The average molecular weight is 289 g/mol. The summed E-state index contributed by atoms with van der Waals surface area (Å²) in [5.74, 6) is 0.191. The molecule has 0 aliphatic heterocycles. The Hall–Kier alpha value is -1.88. The molecule has 0 aromatic heterocycles. The summed E-state index contributed by atoms with van der Waals surface area (Å²) < 4.78 is 0. The van der Waals surface area contributed by atoms with Crippen LogP contribution in [0.2, 0.25) is 0 Å². The zero-order chi connectivity index (χ0) is 15.5. The smallest absolute Gasteiger partial charge is 0.227 e. The summed E-state index contributed by atoms with van der Waals surface area (Å²) in [4.78, 5) is 23.4. The molecule has 2 rings (SSSR count). The maximum atomic E-state index is 11.7. The average Bonchev–Trinajstić information content (AvgIpc) is 3.19. The topological polar surface area (TPSA) is 84.2 Å². The van der Waals surface area contributed by atoms with Gasteiger partial charge >= 0.3 is 0 Å². The number of amides is 2. The van der Waals surface area contributed by atoms with E-state index in [9.17, 15) is 9.59 Å². The van der Waals surface area contributed by atoms with Crippen LogP contribution in [0, 0.1) is 5.92 Å². The minimum absolute atomic E-state index is 0.0741. The molecule has 4 N–H and O–H groups in total. The standard InChI is InChI=1S/C16H23N3O2/c1-16(2,17)9-14(20)18-10-11-4-3-5-13(8-11)19-15(21)12-6-7-12/h3-5,8,12H,6-7,9-10,17H2,1-2H3,(H,18,20)(H,19,21). The van der Waals surface area contributed by atoms with E-state index in [-0.39, 0.29) is 24.2 Å². The van der Waals surface area contributed by atoms with Crippen LogP contribution in [0.5, 0.6) is 0 Å². The Labute approximate surface area is 125 Å². The van der Waals surface area contributed by atoms with Crippen molar-refractivity contribution in [3.8, 4) is 0 Å². The number of hydrogen-bond acceptors (Lipinski definition) is 3. The zero-order valence-electron chi connectivity index (χ0n) is 12.6. The largest absolute Gasteiger partial charge is 0.352 e. The Morgan fingerprint density at radius 1 is 1.33 bits per heavy atom. The van der Waals surface area contributed by atoms with Gasteiger partial charge in [-0.25, -0.2) is 0 Å². The minimum Gasteiger partial charge on any atom is -0.352 e. The molecule has 1 aliphatic rings. The van der Waals surface area contributed by atoms with Gasteiger partial charge in [0.1, 0.15) is 0 Å². The number of nitrogens with two attached hydrogens (primary N) is 1. The summed E-state index contributed by atoms with van der Waals surface area (Å²) in [6.07, 6.45) is 2.25. The molecule has 114 valence electrons. The van der Waals surface area contributed by atoms with Crippen LogP contribution < -0.4 is 16.4 Å². The predicted octanol–water partition coefficient (Wildman–Crippen LogP) is 1.78. The van der Waals surface area contributed by atoms with Gasteiger partial charge in [-0.2, -0.15) is 0 Å². The number of nitrogens with one attached hydrogen (secondary N) is 2. The minimum atomic E-state index is -0.510. The second-order valence-corrected chi connectivity index (χ2v) is 6.41. The van der Waals surface area contributed by atoms with Gasteiger partial charge in [0.25, 0.3) is 0 Å². The van der Waals surface area contributed by atoms with Crippen molar-refractivity contribution < 1.29 is 9.59 Å². The predicted molar refractivity (Wildman–Crippen MR) is 82.5 cm³/mol. The molecule has 0 bridgehead atoms. The van der Waals surface area contributed by atoms with Crippen molar-refractivity contribution in [2.24, 2.45) is 11.7 Å². The molecule has 21 heavy (non-hydrogen) atoms. The van der Waals surface area contributed by atoms with Gasteiger partial charge in [0, 0.05) is 30.1 Å². The summed E-state index contributed by atoms with van der Waals surface area (Å²) in [6.45, 7) is 4.07. The summed E-state index contributed by atoms with van der Waals surface area (Å²) >= 11 is 0. The molecular formula is C16H23N3O2. The van der Waals surface area contributed by atoms with Crippen LogP contribution >= 0.6 is 0 Å². The van der Waals surface area contributed by atoms with Crippen LogP contribution in [0.25, 0.3) is 0 Å². The molecule has 1 aromatic carbocycles. The molecule has 1 aromatic rings. The van der Waals surface area contributed by atoms with Crippen LogP contribution in [-0.4, -0.2) is 17.4 Å². The number of benzene rings is 1. The molecule has 0 atom stereocenters. The number of carbonyl (C=O) groups excluding carboxylic acids is 2. The molecule has 1 fully saturated rings. The van der Waals surface area contributed by atoms with Gasteiger partial charge in [-0.1, -0.05) is 12.1 Å². The van der Waals surface area contributed by atoms with E-state index in [1.54, 1.807) is 0 Å². The van der Waals surface area contributed by atoms with Crippen LogP contribution in [0.3, 0.4) is 0 Å². The molecule has 0 heterocycles. The van der Waals surface area contributed by atoms with Crippen molar-refractivity contribution in [3.63, 3.8) is 0 Å². The molecule has 1 saturated carbocycles. The Morgan fingerprint density at radius 2 is 2.05 bits per heavy atom. The normalized spacial score (nSPS) is 14.6. The van der Waals surface area contributed by atoms with Crippen LogP contribution in [0.4, 0.5) is 5.69 Å². The number of rotatable bonds is 6. The second-order valence-electron chi connectivity index (χ2n) is 6.41. The summed E-state index contributed by atoms with van der Waals surface area (Å²) in [6, 6.07) is 7.53. The van der Waals surface area contributed by atoms with Crippen molar-refractivity contribution in [1.29, 1.82) is 0 Å². The zero-order valence-corrected chi connectivity index (χ0v) is 12.6. The van der Waals surface area contributed by atoms with E-state index in [2.05, 4.69) is 10.6 Å². The lowest BCUT2D eigenvalue weighted by atomic mass is 10.0. The number of hydrogen-bond donors (Lipinski definition) is 3. The summed E-state index contributed by atoms with van der Waals surface area (Å²) in [5.41, 5.74) is 7.03. The van der Waals surface area contributed by atoms with Gasteiger partial charge in [-0.3, -0.25) is 9.59 Å². The van der Waals surface area contributed by atoms with Crippen molar-refractivity contribution in [1.82, 2.24) is 5.32 Å². The molecule has 0 unspecified atom stereocenters. The first-order valence-corrected chi connectivity index (χ1v) is 7.29. The highest BCUT2D eigenvalue weighted by Gasteiger charge is 2.29. The van der Waals surface area contributed by atoms with Gasteiger partial charge in [0.05, 0.1) is 0 Å². The Bertz CT molecular complexity index is 531. The SMILES string of the molecule is CC(C)(N)CC(=O)NCc1cccc(NC(=O)C2CC2)c1. The van der Waals surface area contributed by atoms with Crippen molar-refractivity contribution in [2.75, 3.05) is 5.32 Å². The first-order chi connectivity index (χ1) is 9.83. The Balaban J connectivity index is 1.85. The highest BCUT2D eigenvalue weighted by atomic mass is 16.2. The second kappa shape index (κ2) is 6.26. The van der Waals surface area contributed by atoms with Crippen molar-refractivity contribution >= 4 is 17.5 Å². The van der Waals surface area contributed by atoms with E-state index in [4.69, 9.17) is 5.73 Å². The lowest BCUT2D eigenvalue weighted by Crippen LogP contribution is -2.38. The van der Waals surface area contributed by atoms with Gasteiger partial charge in [0.15, 0.2) is 0 Å².